The quantitative estimate of drug-likeness (QED) is 0.590. The maximum atomic E-state index is 4.69. The van der Waals surface area contributed by atoms with Gasteiger partial charge in [0.05, 0.1) is 0 Å². The molecule has 0 radical (unpaired) electrons. The highest BCUT2D eigenvalue weighted by Crippen LogP contribution is 1.92. The van der Waals surface area contributed by atoms with Gasteiger partial charge in [0.2, 0.25) is 0 Å². The number of benzene rings is 1. The van der Waals surface area contributed by atoms with Gasteiger partial charge in [0.15, 0.2) is 0 Å². The first kappa shape index (κ1) is 13.9. The molecule has 0 unspecified atom stereocenters. The van der Waals surface area contributed by atoms with Gasteiger partial charge in [-0.1, -0.05) is 70.2 Å². The van der Waals surface area contributed by atoms with Crippen LogP contribution in [-0.2, 0) is 0 Å². The van der Waals surface area contributed by atoms with Crippen LogP contribution in [0.1, 0.15) is 33.3 Å². The lowest BCUT2D eigenvalue weighted by atomic mass is 10.2. The fraction of sp³-hybridized carbons (Fsp3) is 0.364. The maximum Gasteiger partial charge on any atom is 0.00861 e. The molecule has 0 aliphatic carbocycles. The maximum absolute atomic E-state index is 4.69. The summed E-state index contributed by atoms with van der Waals surface area (Å²) in [7, 11) is 0. The van der Waals surface area contributed by atoms with Crippen molar-refractivity contribution < 1.29 is 0 Å². The summed E-state index contributed by atoms with van der Waals surface area (Å²) < 4.78 is 0. The van der Waals surface area contributed by atoms with Crippen molar-refractivity contribution in [3.05, 3.63) is 35.9 Å². The van der Waals surface area contributed by atoms with E-state index in [1.54, 1.807) is 5.37 Å². The summed E-state index contributed by atoms with van der Waals surface area (Å²) in [5.41, 5.74) is 1.10. The zero-order valence-electron chi connectivity index (χ0n) is 8.37. The van der Waals surface area contributed by atoms with Crippen LogP contribution in [0.3, 0.4) is 0 Å². The molecular formula is C11H18S. The van der Waals surface area contributed by atoms with Crippen molar-refractivity contribution in [3.8, 4) is 0 Å². The molecule has 0 saturated carbocycles. The zero-order valence-corrected chi connectivity index (χ0v) is 9.19. The van der Waals surface area contributed by atoms with Crippen LogP contribution in [0.5, 0.6) is 0 Å². The molecular weight excluding hydrogens is 164 g/mol. The van der Waals surface area contributed by atoms with Gasteiger partial charge in [-0.15, -0.1) is 0 Å². The Kier molecular flexibility index (Phi) is 15.0. The van der Waals surface area contributed by atoms with E-state index in [0.29, 0.717) is 0 Å². The van der Waals surface area contributed by atoms with Gasteiger partial charge >= 0.3 is 0 Å². The van der Waals surface area contributed by atoms with Gasteiger partial charge in [-0.3, -0.25) is 0 Å². The molecule has 0 saturated heterocycles. The second kappa shape index (κ2) is 12.9. The molecule has 0 aliphatic rings. The van der Waals surface area contributed by atoms with Crippen LogP contribution in [0, 0.1) is 0 Å². The monoisotopic (exact) mass is 182 g/mol. The fourth-order valence-electron chi connectivity index (χ4n) is 0.532. The Morgan fingerprint density at radius 2 is 1.33 bits per heavy atom. The Bertz CT molecular complexity index is 168. The summed E-state index contributed by atoms with van der Waals surface area (Å²) in [6, 6.07) is 9.87. The Labute approximate surface area is 81.6 Å². The summed E-state index contributed by atoms with van der Waals surface area (Å²) in [6.07, 6.45) is 0. The minimum atomic E-state index is 1.10. The van der Waals surface area contributed by atoms with Gasteiger partial charge in [0, 0.05) is 5.37 Å². The second-order valence-corrected chi connectivity index (χ2v) is 1.76. The van der Waals surface area contributed by atoms with Gasteiger partial charge in [-0.05, 0) is 5.56 Å². The van der Waals surface area contributed by atoms with E-state index in [4.69, 9.17) is 12.2 Å². The summed E-state index contributed by atoms with van der Waals surface area (Å²) in [4.78, 5) is 0. The summed E-state index contributed by atoms with van der Waals surface area (Å²) in [5, 5.41) is 1.67. The molecule has 0 atom stereocenters. The Balaban J connectivity index is 0. The molecule has 0 amide bonds. The molecule has 0 bridgehead atoms. The molecule has 0 nitrogen and oxygen atoms in total. The SMILES string of the molecule is CC.CC.S=Cc1ccccc1. The van der Waals surface area contributed by atoms with Gasteiger partial charge < -0.3 is 0 Å². The Morgan fingerprint density at radius 3 is 1.58 bits per heavy atom. The lowest BCUT2D eigenvalue weighted by Gasteiger charge is -1.84. The van der Waals surface area contributed by atoms with Crippen LogP contribution in [0.15, 0.2) is 30.3 Å². The predicted molar refractivity (Wildman–Crippen MR) is 61.9 cm³/mol. The van der Waals surface area contributed by atoms with Crippen molar-refractivity contribution in [2.45, 2.75) is 27.7 Å². The first-order valence-corrected chi connectivity index (χ1v) is 4.91. The van der Waals surface area contributed by atoms with Crippen molar-refractivity contribution in [2.24, 2.45) is 0 Å². The highest BCUT2D eigenvalue weighted by atomic mass is 32.1. The predicted octanol–water partition coefficient (Wildman–Crippen LogP) is 4.09. The highest BCUT2D eigenvalue weighted by molar-refractivity contribution is 7.79. The lowest BCUT2D eigenvalue weighted by molar-refractivity contribution is 1.50. The third kappa shape index (κ3) is 7.42. The topological polar surface area (TPSA) is 0 Å². The van der Waals surface area contributed by atoms with Crippen LogP contribution in [-0.4, -0.2) is 5.37 Å². The molecule has 1 heteroatoms. The molecule has 68 valence electrons. The van der Waals surface area contributed by atoms with E-state index in [0.717, 1.165) is 5.56 Å². The molecule has 0 heterocycles. The van der Waals surface area contributed by atoms with E-state index >= 15 is 0 Å². The molecule has 0 aromatic heterocycles. The van der Waals surface area contributed by atoms with E-state index in [1.165, 1.54) is 0 Å². The van der Waals surface area contributed by atoms with E-state index in [1.807, 2.05) is 58.0 Å². The van der Waals surface area contributed by atoms with Gasteiger partial charge in [0.25, 0.3) is 0 Å². The minimum Gasteiger partial charge on any atom is -0.0881 e. The fourth-order valence-corrected chi connectivity index (χ4v) is 0.689. The molecule has 0 spiro atoms. The standard InChI is InChI=1S/C7H6S.2C2H6/c8-6-7-4-2-1-3-5-7;2*1-2/h1-6H;2*1-2H3. The van der Waals surface area contributed by atoms with Gasteiger partial charge in [0.1, 0.15) is 0 Å². The molecule has 1 rings (SSSR count). The lowest BCUT2D eigenvalue weighted by Crippen LogP contribution is -1.71. The van der Waals surface area contributed by atoms with Crippen molar-refractivity contribution >= 4 is 17.6 Å². The molecule has 1 aromatic carbocycles. The van der Waals surface area contributed by atoms with Crippen molar-refractivity contribution in [2.75, 3.05) is 0 Å². The summed E-state index contributed by atoms with van der Waals surface area (Å²) in [5.74, 6) is 0. The highest BCUT2D eigenvalue weighted by Gasteiger charge is 1.77. The first-order chi connectivity index (χ1) is 5.93. The van der Waals surface area contributed by atoms with Crippen LogP contribution in [0.25, 0.3) is 0 Å². The summed E-state index contributed by atoms with van der Waals surface area (Å²) >= 11 is 4.69. The second-order valence-electron chi connectivity index (χ2n) is 1.53. The molecule has 0 fully saturated rings. The Morgan fingerprint density at radius 1 is 0.917 bits per heavy atom. The van der Waals surface area contributed by atoms with Crippen LogP contribution in [0.2, 0.25) is 0 Å². The molecule has 0 aliphatic heterocycles. The molecule has 0 N–H and O–H groups in total. The molecule has 12 heavy (non-hydrogen) atoms. The van der Waals surface area contributed by atoms with Crippen molar-refractivity contribution in [1.82, 2.24) is 0 Å². The average Bonchev–Trinajstić information content (AvgIpc) is 2.25. The van der Waals surface area contributed by atoms with Crippen molar-refractivity contribution in [3.63, 3.8) is 0 Å². The van der Waals surface area contributed by atoms with E-state index in [-0.39, 0.29) is 0 Å². The van der Waals surface area contributed by atoms with Crippen LogP contribution < -0.4 is 0 Å². The van der Waals surface area contributed by atoms with Crippen LogP contribution in [0.4, 0.5) is 0 Å². The molecule has 1 aromatic rings. The van der Waals surface area contributed by atoms with Crippen LogP contribution >= 0.6 is 12.2 Å². The van der Waals surface area contributed by atoms with Gasteiger partial charge in [-0.25, -0.2) is 0 Å². The third-order valence-corrected chi connectivity index (χ3v) is 1.21. The normalized spacial score (nSPS) is 6.67. The average molecular weight is 182 g/mol. The van der Waals surface area contributed by atoms with E-state index in [2.05, 4.69) is 0 Å². The van der Waals surface area contributed by atoms with Crippen molar-refractivity contribution in [1.29, 1.82) is 0 Å². The van der Waals surface area contributed by atoms with E-state index < -0.39 is 0 Å². The van der Waals surface area contributed by atoms with E-state index in [9.17, 15) is 0 Å². The summed E-state index contributed by atoms with van der Waals surface area (Å²) in [6.45, 7) is 8.00. The largest absolute Gasteiger partial charge is 0.0881 e. The smallest absolute Gasteiger partial charge is 0.00861 e. The minimum absolute atomic E-state index is 1.10. The zero-order chi connectivity index (χ0) is 9.82. The first-order valence-electron chi connectivity index (χ1n) is 4.44. The number of thiocarbonyl (C=S) groups is 1. The Hall–Kier alpha value is -0.690. The number of hydrogen-bond acceptors (Lipinski definition) is 1. The van der Waals surface area contributed by atoms with Gasteiger partial charge in [-0.2, -0.15) is 0 Å². The number of hydrogen-bond donors (Lipinski definition) is 0. The number of rotatable bonds is 1. The third-order valence-electron chi connectivity index (χ3n) is 0.936.